The molecule has 0 radical (unpaired) electrons. The van der Waals surface area contributed by atoms with Gasteiger partial charge in [-0.25, -0.2) is 0 Å². The number of amides is 2. The first-order chi connectivity index (χ1) is 10.5. The van der Waals surface area contributed by atoms with Crippen molar-refractivity contribution in [2.24, 2.45) is 5.73 Å². The van der Waals surface area contributed by atoms with Gasteiger partial charge in [0.1, 0.15) is 10.8 Å². The van der Waals surface area contributed by atoms with Crippen LogP contribution in [0.25, 0.3) is 0 Å². The molecule has 1 heterocycles. The van der Waals surface area contributed by atoms with Crippen molar-refractivity contribution < 1.29 is 14.3 Å². The minimum atomic E-state index is -0.568. The summed E-state index contributed by atoms with van der Waals surface area (Å²) >= 11 is 1.24. The molecular formula is C16H18N2O3S. The normalized spacial score (nSPS) is 10.5. The predicted octanol–water partition coefficient (Wildman–Crippen LogP) is 2.99. The van der Waals surface area contributed by atoms with E-state index in [-0.39, 0.29) is 12.5 Å². The Morgan fingerprint density at radius 3 is 2.50 bits per heavy atom. The van der Waals surface area contributed by atoms with E-state index in [4.69, 9.17) is 10.5 Å². The second kappa shape index (κ2) is 7.09. The summed E-state index contributed by atoms with van der Waals surface area (Å²) in [7, 11) is 0. The van der Waals surface area contributed by atoms with Gasteiger partial charge in [0.2, 0.25) is 0 Å². The Kier molecular flexibility index (Phi) is 5.16. The van der Waals surface area contributed by atoms with Crippen LogP contribution in [-0.4, -0.2) is 18.4 Å². The van der Waals surface area contributed by atoms with Crippen molar-refractivity contribution in [2.45, 2.75) is 19.8 Å². The lowest BCUT2D eigenvalue weighted by molar-refractivity contribution is -0.118. The van der Waals surface area contributed by atoms with Crippen LogP contribution < -0.4 is 15.8 Å². The molecule has 2 aromatic rings. The molecule has 1 aromatic heterocycles. The van der Waals surface area contributed by atoms with Gasteiger partial charge < -0.3 is 15.8 Å². The Balaban J connectivity index is 1.90. The van der Waals surface area contributed by atoms with Crippen LogP contribution in [0.3, 0.4) is 0 Å². The zero-order valence-electron chi connectivity index (χ0n) is 12.5. The van der Waals surface area contributed by atoms with Gasteiger partial charge in [-0.15, -0.1) is 11.3 Å². The van der Waals surface area contributed by atoms with Gasteiger partial charge in [-0.3, -0.25) is 9.59 Å². The van der Waals surface area contributed by atoms with Crippen LogP contribution in [-0.2, 0) is 4.79 Å². The molecule has 2 amide bonds. The van der Waals surface area contributed by atoms with E-state index in [1.165, 1.54) is 16.9 Å². The number of rotatable bonds is 6. The van der Waals surface area contributed by atoms with Crippen LogP contribution in [0.2, 0.25) is 0 Å². The van der Waals surface area contributed by atoms with Crippen LogP contribution in [0.15, 0.2) is 35.7 Å². The molecule has 0 fully saturated rings. The van der Waals surface area contributed by atoms with E-state index in [1.54, 1.807) is 11.4 Å². The van der Waals surface area contributed by atoms with Gasteiger partial charge in [0, 0.05) is 0 Å². The summed E-state index contributed by atoms with van der Waals surface area (Å²) in [6.45, 7) is 4.10. The smallest absolute Gasteiger partial charge is 0.262 e. The van der Waals surface area contributed by atoms with Crippen LogP contribution in [0.5, 0.6) is 5.75 Å². The van der Waals surface area contributed by atoms with Crippen molar-refractivity contribution in [1.29, 1.82) is 0 Å². The third-order valence-electron chi connectivity index (χ3n) is 3.10. The van der Waals surface area contributed by atoms with Crippen molar-refractivity contribution >= 4 is 28.2 Å². The van der Waals surface area contributed by atoms with Crippen molar-refractivity contribution in [3.63, 3.8) is 0 Å². The van der Waals surface area contributed by atoms with E-state index >= 15 is 0 Å². The topological polar surface area (TPSA) is 81.4 Å². The summed E-state index contributed by atoms with van der Waals surface area (Å²) in [4.78, 5) is 23.0. The number of nitrogens with one attached hydrogen (secondary N) is 1. The van der Waals surface area contributed by atoms with Gasteiger partial charge in [0.25, 0.3) is 11.8 Å². The third-order valence-corrected chi connectivity index (χ3v) is 3.93. The van der Waals surface area contributed by atoms with Gasteiger partial charge in [-0.2, -0.15) is 0 Å². The number of nitrogens with two attached hydrogens (primary N) is 1. The van der Waals surface area contributed by atoms with E-state index in [1.807, 2.05) is 24.3 Å². The molecule has 0 aliphatic heterocycles. The summed E-state index contributed by atoms with van der Waals surface area (Å²) in [5.74, 6) is 0.170. The Morgan fingerprint density at radius 1 is 1.23 bits per heavy atom. The maximum Gasteiger partial charge on any atom is 0.262 e. The molecule has 0 spiro atoms. The van der Waals surface area contributed by atoms with Crippen molar-refractivity contribution in [3.8, 4) is 5.75 Å². The maximum absolute atomic E-state index is 11.9. The molecule has 5 nitrogen and oxygen atoms in total. The van der Waals surface area contributed by atoms with Crippen LogP contribution in [0.1, 0.15) is 35.7 Å². The molecule has 0 unspecified atom stereocenters. The van der Waals surface area contributed by atoms with E-state index < -0.39 is 5.91 Å². The zero-order chi connectivity index (χ0) is 16.1. The Hall–Kier alpha value is -2.34. The van der Waals surface area contributed by atoms with Gasteiger partial charge >= 0.3 is 0 Å². The average Bonchev–Trinajstić information content (AvgIpc) is 2.94. The summed E-state index contributed by atoms with van der Waals surface area (Å²) in [6.07, 6.45) is 0. The lowest BCUT2D eigenvalue weighted by Crippen LogP contribution is -2.21. The first-order valence-corrected chi connectivity index (χ1v) is 7.75. The molecule has 1 aromatic carbocycles. The fourth-order valence-corrected chi connectivity index (χ4v) is 2.67. The number of hydrogen-bond donors (Lipinski definition) is 2. The lowest BCUT2D eigenvalue weighted by Gasteiger charge is -2.09. The van der Waals surface area contributed by atoms with Gasteiger partial charge in [0.15, 0.2) is 6.61 Å². The fraction of sp³-hybridized carbons (Fsp3) is 0.250. The number of anilines is 1. The largest absolute Gasteiger partial charge is 0.484 e. The third kappa shape index (κ3) is 4.08. The summed E-state index contributed by atoms with van der Waals surface area (Å²) < 4.78 is 5.43. The molecule has 6 heteroatoms. The molecule has 0 saturated carbocycles. The number of benzene rings is 1. The summed E-state index contributed by atoms with van der Waals surface area (Å²) in [5.41, 5.74) is 6.74. The number of primary amides is 1. The number of carbonyl (C=O) groups is 2. The van der Waals surface area contributed by atoms with E-state index in [9.17, 15) is 9.59 Å². The Labute approximate surface area is 133 Å². The Morgan fingerprint density at radius 2 is 1.91 bits per heavy atom. The highest BCUT2D eigenvalue weighted by Gasteiger charge is 2.12. The summed E-state index contributed by atoms with van der Waals surface area (Å²) in [5, 5.41) is 4.76. The highest BCUT2D eigenvalue weighted by Crippen LogP contribution is 2.23. The highest BCUT2D eigenvalue weighted by atomic mass is 32.1. The second-order valence-electron chi connectivity index (χ2n) is 5.09. The lowest BCUT2D eigenvalue weighted by atomic mass is 10.0. The molecule has 0 atom stereocenters. The van der Waals surface area contributed by atoms with E-state index in [0.717, 1.165) is 0 Å². The molecule has 0 aliphatic rings. The number of ether oxygens (including phenoxy) is 1. The van der Waals surface area contributed by atoms with Crippen molar-refractivity contribution in [2.75, 3.05) is 11.9 Å². The standard InChI is InChI=1S/C16H18N2O3S/c1-10(2)11-3-5-12(6-4-11)21-9-14(19)18-16-13(15(17)20)7-8-22-16/h3-8,10H,9H2,1-2H3,(H2,17,20)(H,18,19). The van der Waals surface area contributed by atoms with E-state index in [0.29, 0.717) is 22.2 Å². The monoisotopic (exact) mass is 318 g/mol. The molecule has 3 N–H and O–H groups in total. The predicted molar refractivity (Wildman–Crippen MR) is 87.5 cm³/mol. The Bertz CT molecular complexity index is 662. The van der Waals surface area contributed by atoms with Crippen LogP contribution in [0.4, 0.5) is 5.00 Å². The number of hydrogen-bond acceptors (Lipinski definition) is 4. The minimum absolute atomic E-state index is 0.128. The second-order valence-corrected chi connectivity index (χ2v) is 6.00. The molecule has 0 aliphatic carbocycles. The van der Waals surface area contributed by atoms with Crippen LogP contribution in [0, 0.1) is 0 Å². The molecule has 0 bridgehead atoms. The molecule has 22 heavy (non-hydrogen) atoms. The highest BCUT2D eigenvalue weighted by molar-refractivity contribution is 7.14. The molecular weight excluding hydrogens is 300 g/mol. The maximum atomic E-state index is 11.9. The minimum Gasteiger partial charge on any atom is -0.484 e. The van der Waals surface area contributed by atoms with Crippen molar-refractivity contribution in [1.82, 2.24) is 0 Å². The average molecular weight is 318 g/mol. The quantitative estimate of drug-likeness (QED) is 0.859. The van der Waals surface area contributed by atoms with Gasteiger partial charge in [0.05, 0.1) is 5.56 Å². The van der Waals surface area contributed by atoms with Crippen molar-refractivity contribution in [3.05, 3.63) is 46.8 Å². The van der Waals surface area contributed by atoms with E-state index in [2.05, 4.69) is 19.2 Å². The zero-order valence-corrected chi connectivity index (χ0v) is 13.3. The van der Waals surface area contributed by atoms with Gasteiger partial charge in [-0.05, 0) is 35.1 Å². The van der Waals surface area contributed by atoms with Crippen LogP contribution >= 0.6 is 11.3 Å². The molecule has 2 rings (SSSR count). The fourth-order valence-electron chi connectivity index (χ4n) is 1.86. The first kappa shape index (κ1) is 16.0. The summed E-state index contributed by atoms with van der Waals surface area (Å²) in [6, 6.07) is 9.20. The SMILES string of the molecule is CC(C)c1ccc(OCC(=O)Nc2sccc2C(N)=O)cc1. The first-order valence-electron chi connectivity index (χ1n) is 6.87. The molecule has 0 saturated heterocycles. The van der Waals surface area contributed by atoms with Gasteiger partial charge in [-0.1, -0.05) is 26.0 Å². The molecule has 116 valence electrons. The number of thiophene rings is 1. The number of carbonyl (C=O) groups excluding carboxylic acids is 2.